The van der Waals surface area contributed by atoms with Gasteiger partial charge in [0.05, 0.1) is 24.0 Å². The first-order valence-electron chi connectivity index (χ1n) is 8.44. The highest BCUT2D eigenvalue weighted by Crippen LogP contribution is 2.39. The molecule has 0 aromatic carbocycles. The van der Waals surface area contributed by atoms with Gasteiger partial charge >= 0.3 is 17.9 Å². The summed E-state index contributed by atoms with van der Waals surface area (Å²) in [4.78, 5) is 35.3. The van der Waals surface area contributed by atoms with E-state index in [1.165, 1.54) is 0 Å². The molecule has 1 unspecified atom stereocenters. The SMILES string of the molecule is CC(C)(C)C(=O)OCCCOC(=O)C(N)C1(C(=O)O)CCCCC1. The molecule has 0 amide bonds. The Hall–Kier alpha value is -1.63. The number of carbonyl (C=O) groups is 3. The van der Waals surface area contributed by atoms with Crippen LogP contribution >= 0.6 is 0 Å². The van der Waals surface area contributed by atoms with Crippen LogP contribution in [0.15, 0.2) is 0 Å². The summed E-state index contributed by atoms with van der Waals surface area (Å²) in [6, 6.07) is -1.17. The molecule has 0 heterocycles. The zero-order chi connectivity index (χ0) is 18.4. The molecule has 3 N–H and O–H groups in total. The van der Waals surface area contributed by atoms with Crippen molar-refractivity contribution in [3.63, 3.8) is 0 Å². The molecule has 1 saturated carbocycles. The smallest absolute Gasteiger partial charge is 0.324 e. The van der Waals surface area contributed by atoms with Gasteiger partial charge in [-0.1, -0.05) is 19.3 Å². The van der Waals surface area contributed by atoms with Crippen molar-refractivity contribution < 1.29 is 29.0 Å². The molecule has 0 bridgehead atoms. The van der Waals surface area contributed by atoms with Crippen LogP contribution in [0.3, 0.4) is 0 Å². The fourth-order valence-corrected chi connectivity index (χ4v) is 2.77. The number of carboxylic acid groups (broad SMARTS) is 1. The van der Waals surface area contributed by atoms with Crippen LogP contribution in [0.1, 0.15) is 59.3 Å². The van der Waals surface area contributed by atoms with Gasteiger partial charge in [0.15, 0.2) is 0 Å². The predicted molar refractivity (Wildman–Crippen MR) is 87.1 cm³/mol. The van der Waals surface area contributed by atoms with E-state index in [2.05, 4.69) is 0 Å². The molecule has 1 aliphatic carbocycles. The number of aliphatic carboxylic acids is 1. The van der Waals surface area contributed by atoms with Gasteiger partial charge in [0.1, 0.15) is 6.04 Å². The highest BCUT2D eigenvalue weighted by Gasteiger charge is 2.48. The summed E-state index contributed by atoms with van der Waals surface area (Å²) in [7, 11) is 0. The minimum absolute atomic E-state index is 0.0413. The molecule has 0 aromatic heterocycles. The summed E-state index contributed by atoms with van der Waals surface area (Å²) in [6.45, 7) is 5.44. The highest BCUT2D eigenvalue weighted by molar-refractivity contribution is 5.86. The van der Waals surface area contributed by atoms with Crippen LogP contribution in [0, 0.1) is 10.8 Å². The van der Waals surface area contributed by atoms with Crippen LogP contribution in [-0.2, 0) is 23.9 Å². The zero-order valence-corrected chi connectivity index (χ0v) is 14.8. The Balaban J connectivity index is 2.41. The Morgan fingerprint density at radius 3 is 2.12 bits per heavy atom. The lowest BCUT2D eigenvalue weighted by Crippen LogP contribution is -2.53. The molecule has 1 atom stereocenters. The second-order valence-electron chi connectivity index (χ2n) is 7.41. The molecule has 1 aliphatic rings. The second-order valence-corrected chi connectivity index (χ2v) is 7.41. The topological polar surface area (TPSA) is 116 Å². The number of hydrogen-bond donors (Lipinski definition) is 2. The maximum Gasteiger partial charge on any atom is 0.324 e. The lowest BCUT2D eigenvalue weighted by atomic mass is 9.69. The maximum atomic E-state index is 12.1. The Bertz CT molecular complexity index is 462. The van der Waals surface area contributed by atoms with Gasteiger partial charge in [-0.3, -0.25) is 14.4 Å². The van der Waals surface area contributed by atoms with Crippen molar-refractivity contribution in [3.05, 3.63) is 0 Å². The number of carbonyl (C=O) groups excluding carboxylic acids is 2. The van der Waals surface area contributed by atoms with Crippen molar-refractivity contribution in [1.29, 1.82) is 0 Å². The Morgan fingerprint density at radius 1 is 1.08 bits per heavy atom. The van der Waals surface area contributed by atoms with Gasteiger partial charge in [0.2, 0.25) is 0 Å². The van der Waals surface area contributed by atoms with Crippen LogP contribution in [0.5, 0.6) is 0 Å². The molecule has 1 rings (SSSR count). The van der Waals surface area contributed by atoms with Crippen molar-refractivity contribution in [1.82, 2.24) is 0 Å². The van der Waals surface area contributed by atoms with Crippen LogP contribution in [0.2, 0.25) is 0 Å². The van der Waals surface area contributed by atoms with Crippen LogP contribution in [0.25, 0.3) is 0 Å². The molecule has 138 valence electrons. The fourth-order valence-electron chi connectivity index (χ4n) is 2.77. The molecule has 24 heavy (non-hydrogen) atoms. The van der Waals surface area contributed by atoms with Gasteiger partial charge in [-0.25, -0.2) is 0 Å². The molecular weight excluding hydrogens is 314 g/mol. The van der Waals surface area contributed by atoms with Gasteiger partial charge in [0.25, 0.3) is 0 Å². The molecule has 0 radical (unpaired) electrons. The third-order valence-corrected chi connectivity index (χ3v) is 4.40. The van der Waals surface area contributed by atoms with Crippen LogP contribution in [0.4, 0.5) is 0 Å². The van der Waals surface area contributed by atoms with Gasteiger partial charge < -0.3 is 20.3 Å². The summed E-state index contributed by atoms with van der Waals surface area (Å²) in [6.07, 6.45) is 3.58. The van der Waals surface area contributed by atoms with E-state index < -0.39 is 28.8 Å². The minimum atomic E-state index is -1.23. The standard InChI is InChI=1S/C17H29NO6/c1-16(2,3)15(22)24-11-7-10-23-13(19)12(18)17(14(20)21)8-5-4-6-9-17/h12H,4-11,18H2,1-3H3,(H,20,21). The number of rotatable bonds is 7. The molecule has 7 heteroatoms. The van der Waals surface area contributed by atoms with Gasteiger partial charge in [0, 0.05) is 6.42 Å². The molecule has 0 aromatic rings. The van der Waals surface area contributed by atoms with E-state index in [1.807, 2.05) is 0 Å². The first-order chi connectivity index (χ1) is 11.1. The molecular formula is C17H29NO6. The van der Waals surface area contributed by atoms with E-state index in [9.17, 15) is 19.5 Å². The van der Waals surface area contributed by atoms with Gasteiger partial charge in [-0.15, -0.1) is 0 Å². The fraction of sp³-hybridized carbons (Fsp3) is 0.824. The third kappa shape index (κ3) is 5.19. The van der Waals surface area contributed by atoms with Crippen molar-refractivity contribution in [2.75, 3.05) is 13.2 Å². The first-order valence-corrected chi connectivity index (χ1v) is 8.44. The highest BCUT2D eigenvalue weighted by atomic mass is 16.5. The summed E-state index contributed by atoms with van der Waals surface area (Å²) < 4.78 is 10.1. The molecule has 7 nitrogen and oxygen atoms in total. The summed E-state index contributed by atoms with van der Waals surface area (Å²) >= 11 is 0. The molecule has 0 aliphatic heterocycles. The monoisotopic (exact) mass is 343 g/mol. The van der Waals surface area contributed by atoms with Crippen molar-refractivity contribution in [2.45, 2.75) is 65.3 Å². The number of esters is 2. The number of nitrogens with two attached hydrogens (primary N) is 1. The van der Waals surface area contributed by atoms with E-state index >= 15 is 0 Å². The van der Waals surface area contributed by atoms with Gasteiger partial charge in [-0.2, -0.15) is 0 Å². The van der Waals surface area contributed by atoms with Gasteiger partial charge in [-0.05, 0) is 33.6 Å². The van der Waals surface area contributed by atoms with E-state index in [0.29, 0.717) is 19.3 Å². The molecule has 0 saturated heterocycles. The van der Waals surface area contributed by atoms with E-state index in [1.54, 1.807) is 20.8 Å². The van der Waals surface area contributed by atoms with Crippen LogP contribution in [-0.4, -0.2) is 42.3 Å². The first kappa shape index (κ1) is 20.4. The maximum absolute atomic E-state index is 12.1. The normalized spacial score (nSPS) is 18.5. The Kier molecular flexibility index (Phi) is 7.20. The number of carboxylic acids is 1. The second kappa shape index (κ2) is 8.46. The quantitative estimate of drug-likeness (QED) is 0.535. The predicted octanol–water partition coefficient (Wildman–Crippen LogP) is 1.87. The van der Waals surface area contributed by atoms with E-state index in [4.69, 9.17) is 15.2 Å². The van der Waals surface area contributed by atoms with E-state index in [0.717, 1.165) is 19.3 Å². The Labute approximate surface area is 142 Å². The number of ether oxygens (including phenoxy) is 2. The summed E-state index contributed by atoms with van der Waals surface area (Å²) in [5.74, 6) is -2.07. The minimum Gasteiger partial charge on any atom is -0.481 e. The summed E-state index contributed by atoms with van der Waals surface area (Å²) in [5, 5.41) is 9.51. The Morgan fingerprint density at radius 2 is 1.62 bits per heavy atom. The van der Waals surface area contributed by atoms with Crippen molar-refractivity contribution in [3.8, 4) is 0 Å². The van der Waals surface area contributed by atoms with Crippen LogP contribution < -0.4 is 5.73 Å². The average Bonchev–Trinajstić information content (AvgIpc) is 2.52. The lowest BCUT2D eigenvalue weighted by molar-refractivity contribution is -0.163. The third-order valence-electron chi connectivity index (χ3n) is 4.40. The summed E-state index contributed by atoms with van der Waals surface area (Å²) in [5.41, 5.74) is 4.10. The molecule has 1 fully saturated rings. The largest absolute Gasteiger partial charge is 0.481 e. The zero-order valence-electron chi connectivity index (χ0n) is 14.8. The molecule has 0 spiro atoms. The van der Waals surface area contributed by atoms with E-state index in [-0.39, 0.29) is 19.2 Å². The lowest BCUT2D eigenvalue weighted by Gasteiger charge is -2.36. The average molecular weight is 343 g/mol. The number of hydrogen-bond acceptors (Lipinski definition) is 6. The van der Waals surface area contributed by atoms with Crippen molar-refractivity contribution in [2.24, 2.45) is 16.6 Å². The van der Waals surface area contributed by atoms with Crippen molar-refractivity contribution >= 4 is 17.9 Å².